The molecule has 1 fully saturated rings. The molecule has 18 heavy (non-hydrogen) atoms. The van der Waals surface area contributed by atoms with Gasteiger partial charge in [-0.25, -0.2) is 0 Å². The van der Waals surface area contributed by atoms with E-state index in [0.717, 1.165) is 25.9 Å². The Kier molecular flexibility index (Phi) is 4.46. The highest BCUT2D eigenvalue weighted by Crippen LogP contribution is 2.46. The van der Waals surface area contributed by atoms with E-state index in [1.807, 2.05) is 0 Å². The molecule has 0 saturated heterocycles. The first-order valence-corrected chi connectivity index (χ1v) is 8.00. The highest BCUT2D eigenvalue weighted by molar-refractivity contribution is 7.10. The quantitative estimate of drug-likeness (QED) is 0.878. The monoisotopic (exact) mass is 267 g/mol. The maximum absolute atomic E-state index is 10.9. The molecule has 1 aliphatic rings. The predicted octanol–water partition coefficient (Wildman–Crippen LogP) is 3.74. The maximum atomic E-state index is 10.9. The molecule has 2 rings (SSSR count). The summed E-state index contributed by atoms with van der Waals surface area (Å²) < 4.78 is 0. The molecular formula is C15H25NOS. The summed E-state index contributed by atoms with van der Waals surface area (Å²) in [5.74, 6) is 0. The van der Waals surface area contributed by atoms with Crippen LogP contribution in [0.4, 0.5) is 0 Å². The Morgan fingerprint density at radius 3 is 2.39 bits per heavy atom. The highest BCUT2D eigenvalue weighted by atomic mass is 32.1. The van der Waals surface area contributed by atoms with Crippen molar-refractivity contribution in [1.82, 2.24) is 4.90 Å². The molecule has 2 nitrogen and oxygen atoms in total. The topological polar surface area (TPSA) is 23.5 Å². The summed E-state index contributed by atoms with van der Waals surface area (Å²) in [6.07, 6.45) is 4.44. The molecule has 3 heteroatoms. The summed E-state index contributed by atoms with van der Waals surface area (Å²) in [4.78, 5) is 3.65. The van der Waals surface area contributed by atoms with Crippen LogP contribution in [0.25, 0.3) is 0 Å². The number of likely N-dealkylation sites (N-methyl/N-ethyl adjacent to an activating group) is 1. The van der Waals surface area contributed by atoms with E-state index in [1.165, 1.54) is 23.3 Å². The van der Waals surface area contributed by atoms with E-state index in [2.05, 4.69) is 37.1 Å². The van der Waals surface area contributed by atoms with Crippen molar-refractivity contribution in [2.45, 2.75) is 58.1 Å². The first kappa shape index (κ1) is 14.0. The second-order valence-corrected chi connectivity index (χ2v) is 6.30. The average Bonchev–Trinajstić information content (AvgIpc) is 3.00. The lowest BCUT2D eigenvalue weighted by Gasteiger charge is -2.44. The number of rotatable bonds is 5. The second-order valence-electron chi connectivity index (χ2n) is 5.35. The van der Waals surface area contributed by atoms with E-state index < -0.39 is 0 Å². The molecule has 1 aromatic heterocycles. The van der Waals surface area contributed by atoms with Gasteiger partial charge in [0.2, 0.25) is 0 Å². The zero-order valence-electron chi connectivity index (χ0n) is 11.8. The number of hydrogen-bond donors (Lipinski definition) is 1. The number of hydrogen-bond acceptors (Lipinski definition) is 3. The fourth-order valence-electron chi connectivity index (χ4n) is 3.51. The SMILES string of the molecule is CCN(CC)C1(C(O)c2sccc2C)CCCC1. The Morgan fingerprint density at radius 2 is 1.94 bits per heavy atom. The molecule has 1 aromatic rings. The van der Waals surface area contributed by atoms with Crippen molar-refractivity contribution in [2.24, 2.45) is 0 Å². The number of aliphatic hydroxyl groups is 1. The third-order valence-corrected chi connectivity index (χ3v) is 5.59. The molecule has 1 heterocycles. The molecule has 1 saturated carbocycles. The molecule has 1 atom stereocenters. The molecular weight excluding hydrogens is 242 g/mol. The van der Waals surface area contributed by atoms with E-state index in [9.17, 15) is 5.11 Å². The number of aryl methyl sites for hydroxylation is 1. The first-order valence-electron chi connectivity index (χ1n) is 7.12. The van der Waals surface area contributed by atoms with Crippen LogP contribution >= 0.6 is 11.3 Å². The standard InChI is InChI=1S/C15H25NOS/c1-4-16(5-2)15(9-6-7-10-15)14(17)13-12(3)8-11-18-13/h8,11,14,17H,4-7,9-10H2,1-3H3. The molecule has 102 valence electrons. The van der Waals surface area contributed by atoms with Gasteiger partial charge in [0.1, 0.15) is 6.10 Å². The summed E-state index contributed by atoms with van der Waals surface area (Å²) in [7, 11) is 0. The van der Waals surface area contributed by atoms with Crippen LogP contribution in [0, 0.1) is 6.92 Å². The lowest BCUT2D eigenvalue weighted by atomic mass is 9.86. The van der Waals surface area contributed by atoms with E-state index in [1.54, 1.807) is 11.3 Å². The smallest absolute Gasteiger partial charge is 0.107 e. The predicted molar refractivity (Wildman–Crippen MR) is 78.1 cm³/mol. The van der Waals surface area contributed by atoms with Gasteiger partial charge >= 0.3 is 0 Å². The molecule has 0 bridgehead atoms. The fourth-order valence-corrected chi connectivity index (χ4v) is 4.53. The van der Waals surface area contributed by atoms with Gasteiger partial charge in [-0.2, -0.15) is 0 Å². The van der Waals surface area contributed by atoms with E-state index in [4.69, 9.17) is 0 Å². The van der Waals surface area contributed by atoms with Crippen LogP contribution in [0.2, 0.25) is 0 Å². The molecule has 1 N–H and O–H groups in total. The van der Waals surface area contributed by atoms with Crippen LogP contribution in [0.5, 0.6) is 0 Å². The van der Waals surface area contributed by atoms with Crippen LogP contribution in [0.3, 0.4) is 0 Å². The molecule has 0 radical (unpaired) electrons. The van der Waals surface area contributed by atoms with Gasteiger partial charge in [-0.05, 0) is 49.9 Å². The number of nitrogens with zero attached hydrogens (tertiary/aromatic N) is 1. The molecule has 0 spiro atoms. The Bertz CT molecular complexity index is 378. The summed E-state index contributed by atoms with van der Waals surface area (Å²) in [5.41, 5.74) is 1.23. The van der Waals surface area contributed by atoms with Gasteiger partial charge < -0.3 is 5.11 Å². The van der Waals surface area contributed by atoms with E-state index in [-0.39, 0.29) is 11.6 Å². The van der Waals surface area contributed by atoms with Gasteiger partial charge in [-0.15, -0.1) is 11.3 Å². The van der Waals surface area contributed by atoms with Crippen LogP contribution < -0.4 is 0 Å². The van der Waals surface area contributed by atoms with Gasteiger partial charge in [-0.1, -0.05) is 26.7 Å². The molecule has 0 aliphatic heterocycles. The Hall–Kier alpha value is -0.380. The van der Waals surface area contributed by atoms with Gasteiger partial charge in [0.15, 0.2) is 0 Å². The Labute approximate surface area is 115 Å². The van der Waals surface area contributed by atoms with E-state index in [0.29, 0.717) is 0 Å². The summed E-state index contributed by atoms with van der Waals surface area (Å²) >= 11 is 1.70. The van der Waals surface area contributed by atoms with Crippen molar-refractivity contribution >= 4 is 11.3 Å². The Balaban J connectivity index is 2.33. The average molecular weight is 267 g/mol. The van der Waals surface area contributed by atoms with Crippen molar-refractivity contribution in [3.8, 4) is 0 Å². The zero-order valence-corrected chi connectivity index (χ0v) is 12.6. The van der Waals surface area contributed by atoms with E-state index >= 15 is 0 Å². The van der Waals surface area contributed by atoms with Gasteiger partial charge in [0.25, 0.3) is 0 Å². The molecule has 1 unspecified atom stereocenters. The van der Waals surface area contributed by atoms with Crippen LogP contribution in [-0.4, -0.2) is 28.6 Å². The first-order chi connectivity index (χ1) is 8.65. The van der Waals surface area contributed by atoms with Gasteiger partial charge in [0, 0.05) is 4.88 Å². The van der Waals surface area contributed by atoms with Crippen molar-refractivity contribution in [1.29, 1.82) is 0 Å². The van der Waals surface area contributed by atoms with Crippen molar-refractivity contribution in [3.63, 3.8) is 0 Å². The summed E-state index contributed by atoms with van der Waals surface area (Å²) in [6, 6.07) is 2.12. The molecule has 0 amide bonds. The minimum Gasteiger partial charge on any atom is -0.386 e. The van der Waals surface area contributed by atoms with Crippen molar-refractivity contribution in [3.05, 3.63) is 21.9 Å². The van der Waals surface area contributed by atoms with Crippen molar-refractivity contribution < 1.29 is 5.11 Å². The van der Waals surface area contributed by atoms with Crippen LogP contribution in [0.1, 0.15) is 56.1 Å². The lowest BCUT2D eigenvalue weighted by molar-refractivity contribution is -0.0252. The fraction of sp³-hybridized carbons (Fsp3) is 0.733. The minimum atomic E-state index is -0.320. The summed E-state index contributed by atoms with van der Waals surface area (Å²) in [5, 5.41) is 13.0. The van der Waals surface area contributed by atoms with Gasteiger partial charge in [0.05, 0.1) is 5.54 Å². The highest BCUT2D eigenvalue weighted by Gasteiger charge is 2.45. The molecule has 1 aliphatic carbocycles. The van der Waals surface area contributed by atoms with Gasteiger partial charge in [-0.3, -0.25) is 4.90 Å². The number of thiophene rings is 1. The lowest BCUT2D eigenvalue weighted by Crippen LogP contribution is -2.51. The third kappa shape index (κ3) is 2.24. The normalized spacial score (nSPS) is 20.5. The molecule has 0 aromatic carbocycles. The number of aliphatic hydroxyl groups excluding tert-OH is 1. The van der Waals surface area contributed by atoms with Crippen LogP contribution in [0.15, 0.2) is 11.4 Å². The summed E-state index contributed by atoms with van der Waals surface area (Å²) in [6.45, 7) is 8.57. The van der Waals surface area contributed by atoms with Crippen LogP contribution in [-0.2, 0) is 0 Å². The maximum Gasteiger partial charge on any atom is 0.107 e. The zero-order chi connectivity index (χ0) is 13.2. The van der Waals surface area contributed by atoms with Crippen molar-refractivity contribution in [2.75, 3.05) is 13.1 Å². The largest absolute Gasteiger partial charge is 0.386 e. The third-order valence-electron chi connectivity index (χ3n) is 4.52. The minimum absolute atomic E-state index is 0.0148. The Morgan fingerprint density at radius 1 is 1.33 bits per heavy atom. The second kappa shape index (κ2) is 5.72.